The summed E-state index contributed by atoms with van der Waals surface area (Å²) in [6, 6.07) is 8.03. The third kappa shape index (κ3) is 3.07. The van der Waals surface area contributed by atoms with Gasteiger partial charge in [-0.2, -0.15) is 0 Å². The average Bonchev–Trinajstić information content (AvgIpc) is 2.42. The Kier molecular flexibility index (Phi) is 4.10. The van der Waals surface area contributed by atoms with Gasteiger partial charge in [0, 0.05) is 12.8 Å². The number of ether oxygens (including phenoxy) is 1. The van der Waals surface area contributed by atoms with E-state index in [4.69, 9.17) is 10.5 Å². The van der Waals surface area contributed by atoms with Crippen molar-refractivity contribution in [3.8, 4) is 0 Å². The molecule has 0 aliphatic heterocycles. The van der Waals surface area contributed by atoms with Crippen LogP contribution in [0.15, 0.2) is 24.3 Å². The summed E-state index contributed by atoms with van der Waals surface area (Å²) in [5, 5.41) is 3.34. The number of carbonyl (C=O) groups excluding carboxylic acids is 1. The Bertz CT molecular complexity index is 434. The van der Waals surface area contributed by atoms with E-state index in [-0.39, 0.29) is 12.0 Å². The van der Waals surface area contributed by atoms with Crippen molar-refractivity contribution in [2.75, 3.05) is 12.4 Å². The van der Waals surface area contributed by atoms with E-state index in [1.807, 2.05) is 31.2 Å². The number of amides is 1. The molecule has 2 rings (SSSR count). The summed E-state index contributed by atoms with van der Waals surface area (Å²) in [5.41, 5.74) is 7.13. The smallest absolute Gasteiger partial charge is 0.243 e. The Hall–Kier alpha value is -1.55. The van der Waals surface area contributed by atoms with Gasteiger partial charge in [0.15, 0.2) is 0 Å². The van der Waals surface area contributed by atoms with Crippen molar-refractivity contribution in [2.45, 2.75) is 44.2 Å². The molecule has 0 unspecified atom stereocenters. The van der Waals surface area contributed by atoms with Crippen molar-refractivity contribution < 1.29 is 9.53 Å². The van der Waals surface area contributed by atoms with Gasteiger partial charge in [-0.05, 0) is 44.7 Å². The van der Waals surface area contributed by atoms with Crippen LogP contribution in [0.4, 0.5) is 5.69 Å². The lowest BCUT2D eigenvalue weighted by molar-refractivity contribution is -0.124. The average molecular weight is 262 g/mol. The summed E-state index contributed by atoms with van der Waals surface area (Å²) in [4.78, 5) is 11.9. The van der Waals surface area contributed by atoms with Crippen LogP contribution in [-0.2, 0) is 9.53 Å². The van der Waals surface area contributed by atoms with Crippen molar-refractivity contribution in [1.82, 2.24) is 0 Å². The highest BCUT2D eigenvalue weighted by molar-refractivity contribution is 5.88. The van der Waals surface area contributed by atoms with E-state index in [9.17, 15) is 4.79 Å². The number of primary amides is 1. The molecule has 0 spiro atoms. The monoisotopic (exact) mass is 262 g/mol. The fraction of sp³-hybridized carbons (Fsp3) is 0.533. The van der Waals surface area contributed by atoms with E-state index < -0.39 is 5.54 Å². The van der Waals surface area contributed by atoms with Crippen LogP contribution < -0.4 is 11.1 Å². The van der Waals surface area contributed by atoms with Crippen LogP contribution >= 0.6 is 0 Å². The molecule has 1 saturated carbocycles. The van der Waals surface area contributed by atoms with Crippen LogP contribution in [0.2, 0.25) is 0 Å². The molecule has 0 aromatic heterocycles. The number of rotatable bonds is 4. The summed E-state index contributed by atoms with van der Waals surface area (Å²) >= 11 is 0. The zero-order valence-corrected chi connectivity index (χ0v) is 11.6. The summed E-state index contributed by atoms with van der Waals surface area (Å²) < 4.78 is 5.35. The first-order valence-corrected chi connectivity index (χ1v) is 6.73. The van der Waals surface area contributed by atoms with Crippen LogP contribution in [0.1, 0.15) is 31.2 Å². The van der Waals surface area contributed by atoms with Crippen LogP contribution in [0.25, 0.3) is 0 Å². The predicted molar refractivity (Wildman–Crippen MR) is 76.0 cm³/mol. The Morgan fingerprint density at radius 3 is 2.37 bits per heavy atom. The van der Waals surface area contributed by atoms with E-state index in [0.29, 0.717) is 12.8 Å². The highest BCUT2D eigenvalue weighted by Gasteiger charge is 2.40. The van der Waals surface area contributed by atoms with E-state index in [0.717, 1.165) is 18.5 Å². The largest absolute Gasteiger partial charge is 0.381 e. The SMILES string of the molecule is COC1CCC(Nc2ccc(C)cc2)(C(N)=O)CC1. The molecule has 4 heteroatoms. The Morgan fingerprint density at radius 1 is 1.32 bits per heavy atom. The third-order valence-electron chi connectivity index (χ3n) is 4.03. The minimum atomic E-state index is -0.635. The molecule has 0 saturated heterocycles. The van der Waals surface area contributed by atoms with Gasteiger partial charge in [-0.25, -0.2) is 0 Å². The molecule has 19 heavy (non-hydrogen) atoms. The molecule has 1 fully saturated rings. The summed E-state index contributed by atoms with van der Waals surface area (Å²) in [6.45, 7) is 2.04. The number of anilines is 1. The number of methoxy groups -OCH3 is 1. The Labute approximate surface area is 114 Å². The number of benzene rings is 1. The standard InChI is InChI=1S/C15H22N2O2/c1-11-3-5-12(6-4-11)17-15(14(16)18)9-7-13(19-2)8-10-15/h3-6,13,17H,7-10H2,1-2H3,(H2,16,18). The summed E-state index contributed by atoms with van der Waals surface area (Å²) in [6.07, 6.45) is 3.40. The van der Waals surface area contributed by atoms with Gasteiger partial charge in [0.2, 0.25) is 5.91 Å². The maximum absolute atomic E-state index is 11.9. The maximum atomic E-state index is 11.9. The van der Waals surface area contributed by atoms with Crippen molar-refractivity contribution >= 4 is 11.6 Å². The molecule has 0 radical (unpaired) electrons. The summed E-state index contributed by atoms with van der Waals surface area (Å²) in [5.74, 6) is -0.275. The van der Waals surface area contributed by atoms with Crippen LogP contribution in [0.5, 0.6) is 0 Å². The maximum Gasteiger partial charge on any atom is 0.243 e. The Balaban J connectivity index is 2.12. The molecule has 1 aliphatic carbocycles. The normalized spacial score (nSPS) is 26.9. The topological polar surface area (TPSA) is 64.3 Å². The van der Waals surface area contributed by atoms with Crippen molar-refractivity contribution in [1.29, 1.82) is 0 Å². The fourth-order valence-corrected chi connectivity index (χ4v) is 2.67. The molecular formula is C15H22N2O2. The number of carbonyl (C=O) groups is 1. The molecule has 0 heterocycles. The lowest BCUT2D eigenvalue weighted by atomic mass is 9.79. The molecule has 3 N–H and O–H groups in total. The van der Waals surface area contributed by atoms with Crippen molar-refractivity contribution in [3.63, 3.8) is 0 Å². The first-order valence-electron chi connectivity index (χ1n) is 6.73. The minimum absolute atomic E-state index is 0.243. The lowest BCUT2D eigenvalue weighted by Crippen LogP contribution is -2.53. The first-order chi connectivity index (χ1) is 9.05. The molecule has 1 aromatic rings. The molecule has 0 bridgehead atoms. The van der Waals surface area contributed by atoms with Crippen LogP contribution in [0, 0.1) is 6.92 Å². The van der Waals surface area contributed by atoms with Crippen molar-refractivity contribution in [3.05, 3.63) is 29.8 Å². The number of nitrogens with two attached hydrogens (primary N) is 1. The van der Waals surface area contributed by atoms with Gasteiger partial charge in [-0.15, -0.1) is 0 Å². The molecule has 1 aliphatic rings. The molecular weight excluding hydrogens is 240 g/mol. The molecule has 4 nitrogen and oxygen atoms in total. The quantitative estimate of drug-likeness (QED) is 0.874. The van der Waals surface area contributed by atoms with Crippen LogP contribution in [0.3, 0.4) is 0 Å². The van der Waals surface area contributed by atoms with Crippen LogP contribution in [-0.4, -0.2) is 24.7 Å². The highest BCUT2D eigenvalue weighted by Crippen LogP contribution is 2.32. The number of aryl methyl sites for hydroxylation is 1. The molecule has 1 aromatic carbocycles. The van der Waals surface area contributed by atoms with Gasteiger partial charge < -0.3 is 15.8 Å². The second-order valence-electron chi connectivity index (χ2n) is 5.37. The fourth-order valence-electron chi connectivity index (χ4n) is 2.67. The van der Waals surface area contributed by atoms with E-state index in [2.05, 4.69) is 5.32 Å². The highest BCUT2D eigenvalue weighted by atomic mass is 16.5. The summed E-state index contributed by atoms with van der Waals surface area (Å²) in [7, 11) is 1.72. The van der Waals surface area contributed by atoms with E-state index in [1.54, 1.807) is 7.11 Å². The second-order valence-corrected chi connectivity index (χ2v) is 5.37. The number of hydrogen-bond acceptors (Lipinski definition) is 3. The third-order valence-corrected chi connectivity index (χ3v) is 4.03. The number of hydrogen-bond donors (Lipinski definition) is 2. The Morgan fingerprint density at radius 2 is 1.89 bits per heavy atom. The van der Waals surface area contributed by atoms with Gasteiger partial charge in [-0.1, -0.05) is 17.7 Å². The van der Waals surface area contributed by atoms with Crippen molar-refractivity contribution in [2.24, 2.45) is 5.73 Å². The van der Waals surface area contributed by atoms with Gasteiger partial charge in [0.05, 0.1) is 6.10 Å². The zero-order valence-electron chi connectivity index (χ0n) is 11.6. The first kappa shape index (κ1) is 13.9. The van der Waals surface area contributed by atoms with Gasteiger partial charge in [0.1, 0.15) is 5.54 Å². The predicted octanol–water partition coefficient (Wildman–Crippen LogP) is 2.22. The van der Waals surface area contributed by atoms with Gasteiger partial charge in [0.25, 0.3) is 0 Å². The molecule has 1 amide bonds. The second kappa shape index (κ2) is 5.61. The number of nitrogens with one attached hydrogen (secondary N) is 1. The van der Waals surface area contributed by atoms with E-state index in [1.165, 1.54) is 5.56 Å². The lowest BCUT2D eigenvalue weighted by Gasteiger charge is -2.38. The zero-order chi connectivity index (χ0) is 13.9. The van der Waals surface area contributed by atoms with Gasteiger partial charge in [-0.3, -0.25) is 4.79 Å². The van der Waals surface area contributed by atoms with E-state index >= 15 is 0 Å². The molecule has 0 atom stereocenters. The minimum Gasteiger partial charge on any atom is -0.381 e. The molecule has 104 valence electrons. The van der Waals surface area contributed by atoms with Gasteiger partial charge >= 0.3 is 0 Å².